The van der Waals surface area contributed by atoms with E-state index in [0.29, 0.717) is 19.4 Å². The predicted molar refractivity (Wildman–Crippen MR) is 131 cm³/mol. The molecule has 2 aliphatic heterocycles. The number of carbonyl (C=O) groups is 3. The molecule has 3 heterocycles. The first kappa shape index (κ1) is 26.4. The summed E-state index contributed by atoms with van der Waals surface area (Å²) in [6.45, 7) is 1.47. The van der Waals surface area contributed by atoms with E-state index in [2.05, 4.69) is 0 Å². The number of furan rings is 1. The van der Waals surface area contributed by atoms with E-state index in [1.54, 1.807) is 28.2 Å². The number of benzene rings is 2. The first-order chi connectivity index (χ1) is 18.3. The lowest BCUT2D eigenvalue weighted by Crippen LogP contribution is -2.70. The summed E-state index contributed by atoms with van der Waals surface area (Å²) in [5, 5.41) is 19.8. The summed E-state index contributed by atoms with van der Waals surface area (Å²) in [6, 6.07) is 18.2. The number of carboxylic acid groups (broad SMARTS) is 1. The molecule has 0 bridgehead atoms. The molecular weight excluding hydrogens is 494 g/mol. The van der Waals surface area contributed by atoms with Gasteiger partial charge in [0, 0.05) is 31.1 Å². The van der Waals surface area contributed by atoms with Gasteiger partial charge in [-0.25, -0.2) is 4.79 Å². The van der Waals surface area contributed by atoms with Crippen LogP contribution < -0.4 is 5.11 Å². The molecule has 38 heavy (non-hydrogen) atoms. The maximum atomic E-state index is 13.4. The fourth-order valence-electron chi connectivity index (χ4n) is 4.74. The quantitative estimate of drug-likeness (QED) is 0.250. The molecule has 3 aromatic rings. The molecule has 2 fully saturated rings. The maximum absolute atomic E-state index is 13.4. The molecule has 0 N–H and O–H groups in total. The maximum Gasteiger partial charge on any atom is 0.411 e. The van der Waals surface area contributed by atoms with Crippen molar-refractivity contribution in [1.82, 2.24) is 9.80 Å². The highest BCUT2D eigenvalue weighted by Crippen LogP contribution is 2.38. The van der Waals surface area contributed by atoms with Gasteiger partial charge >= 0.3 is 6.09 Å². The topological polar surface area (TPSA) is 146 Å². The van der Waals surface area contributed by atoms with Gasteiger partial charge in [0.15, 0.2) is 0 Å². The number of nitrogens with zero attached hydrogens (tertiary/aromatic N) is 3. The number of carboxylic acids is 1. The van der Waals surface area contributed by atoms with Crippen LogP contribution in [0.1, 0.15) is 36.3 Å². The smallest absolute Gasteiger partial charge is 0.411 e. The lowest BCUT2D eigenvalue weighted by Gasteiger charge is -2.51. The summed E-state index contributed by atoms with van der Waals surface area (Å²) in [4.78, 5) is 48.8. The van der Waals surface area contributed by atoms with Gasteiger partial charge in [-0.15, -0.1) is 0 Å². The second kappa shape index (κ2) is 11.6. The number of nitro benzene ring substituents is 1. The zero-order chi connectivity index (χ0) is 27.2. The van der Waals surface area contributed by atoms with Crippen LogP contribution in [-0.4, -0.2) is 51.4 Å². The van der Waals surface area contributed by atoms with Crippen LogP contribution in [0.25, 0.3) is 0 Å². The number of ether oxygens (including phenoxy) is 1. The Morgan fingerprint density at radius 2 is 1.74 bits per heavy atom. The van der Waals surface area contributed by atoms with E-state index in [1.807, 2.05) is 42.5 Å². The van der Waals surface area contributed by atoms with Crippen LogP contribution in [0.2, 0.25) is 0 Å². The number of carbonyl (C=O) groups excluding carboxylic acids is 3. The summed E-state index contributed by atoms with van der Waals surface area (Å²) >= 11 is 0. The summed E-state index contributed by atoms with van der Waals surface area (Å²) in [7, 11) is 0. The number of hydrogen-bond acceptors (Lipinski definition) is 8. The number of rotatable bonds is 8. The molecule has 0 aliphatic carbocycles. The SMILES string of the molecule is CC(=O)[O-].O=C1C(N2C(=O)OC[C@@H]2c2ccccc2)C(CCc2ccco2)N1Cc1ccc([N+](=O)[O-])cc1. The fraction of sp³-hybridized carbons (Fsp3) is 0.296. The third-order valence-electron chi connectivity index (χ3n) is 6.46. The Kier molecular flexibility index (Phi) is 8.05. The highest BCUT2D eigenvalue weighted by molar-refractivity contribution is 5.93. The molecule has 1 aromatic heterocycles. The highest BCUT2D eigenvalue weighted by atomic mass is 16.6. The Labute approximate surface area is 218 Å². The van der Waals surface area contributed by atoms with Gasteiger partial charge < -0.3 is 24.0 Å². The van der Waals surface area contributed by atoms with Crippen LogP contribution >= 0.6 is 0 Å². The Morgan fingerprint density at radius 1 is 1.05 bits per heavy atom. The normalized spacial score (nSPS) is 20.3. The summed E-state index contributed by atoms with van der Waals surface area (Å²) < 4.78 is 10.8. The average molecular weight is 521 g/mol. The first-order valence-electron chi connectivity index (χ1n) is 12.0. The van der Waals surface area contributed by atoms with Gasteiger partial charge in [-0.2, -0.15) is 0 Å². The number of amides is 2. The third-order valence-corrected chi connectivity index (χ3v) is 6.46. The highest BCUT2D eigenvalue weighted by Gasteiger charge is 2.55. The fourth-order valence-corrected chi connectivity index (χ4v) is 4.74. The molecule has 2 amide bonds. The molecule has 11 nitrogen and oxygen atoms in total. The molecule has 2 unspecified atom stereocenters. The van der Waals surface area contributed by atoms with Crippen molar-refractivity contribution in [2.75, 3.05) is 6.61 Å². The van der Waals surface area contributed by atoms with E-state index < -0.39 is 23.0 Å². The zero-order valence-corrected chi connectivity index (χ0v) is 20.6. The van der Waals surface area contributed by atoms with Crippen molar-refractivity contribution in [3.8, 4) is 0 Å². The van der Waals surface area contributed by atoms with Crippen molar-refractivity contribution in [3.63, 3.8) is 0 Å². The number of hydrogen-bond donors (Lipinski definition) is 0. The van der Waals surface area contributed by atoms with Gasteiger partial charge in [-0.1, -0.05) is 42.5 Å². The number of non-ortho nitro benzene ring substituents is 1. The van der Waals surface area contributed by atoms with E-state index in [1.165, 1.54) is 12.1 Å². The summed E-state index contributed by atoms with van der Waals surface area (Å²) in [6.07, 6.45) is 2.32. The lowest BCUT2D eigenvalue weighted by molar-refractivity contribution is -0.384. The van der Waals surface area contributed by atoms with Crippen LogP contribution in [0.3, 0.4) is 0 Å². The van der Waals surface area contributed by atoms with Crippen molar-refractivity contribution in [1.29, 1.82) is 0 Å². The van der Waals surface area contributed by atoms with Gasteiger partial charge in [0.2, 0.25) is 5.91 Å². The Morgan fingerprint density at radius 3 is 2.34 bits per heavy atom. The van der Waals surface area contributed by atoms with Crippen LogP contribution in [0.15, 0.2) is 77.4 Å². The molecular formula is C27H26N3O8-. The second-order valence-corrected chi connectivity index (χ2v) is 8.92. The van der Waals surface area contributed by atoms with Crippen molar-refractivity contribution in [2.45, 2.75) is 44.4 Å². The van der Waals surface area contributed by atoms with Crippen molar-refractivity contribution >= 4 is 23.7 Å². The van der Waals surface area contributed by atoms with Crippen LogP contribution in [-0.2, 0) is 27.3 Å². The van der Waals surface area contributed by atoms with Gasteiger partial charge in [0.1, 0.15) is 18.4 Å². The lowest BCUT2D eigenvalue weighted by atomic mass is 9.87. The van der Waals surface area contributed by atoms with E-state index >= 15 is 0 Å². The van der Waals surface area contributed by atoms with Crippen LogP contribution in [0.4, 0.5) is 10.5 Å². The monoisotopic (exact) mass is 520 g/mol. The first-order valence-corrected chi connectivity index (χ1v) is 12.0. The molecule has 5 rings (SSSR count). The minimum Gasteiger partial charge on any atom is -0.550 e. The minimum atomic E-state index is -1.08. The van der Waals surface area contributed by atoms with Crippen molar-refractivity contribution in [2.24, 2.45) is 0 Å². The number of aryl methyl sites for hydroxylation is 1. The second-order valence-electron chi connectivity index (χ2n) is 8.92. The number of nitro groups is 1. The van der Waals surface area contributed by atoms with E-state index in [-0.39, 0.29) is 30.3 Å². The molecule has 2 aromatic carbocycles. The minimum absolute atomic E-state index is 0.00329. The number of likely N-dealkylation sites (tertiary alicyclic amines) is 1. The van der Waals surface area contributed by atoms with E-state index in [9.17, 15) is 19.7 Å². The van der Waals surface area contributed by atoms with E-state index in [0.717, 1.165) is 23.8 Å². The molecule has 11 heteroatoms. The number of cyclic esters (lactones) is 1. The van der Waals surface area contributed by atoms with Crippen molar-refractivity contribution in [3.05, 3.63) is 100.0 Å². The molecule has 3 atom stereocenters. The molecule has 2 saturated heterocycles. The third kappa shape index (κ3) is 5.83. The van der Waals surface area contributed by atoms with Gasteiger partial charge in [-0.3, -0.25) is 19.8 Å². The Hall–Kier alpha value is -4.67. The average Bonchev–Trinajstić information content (AvgIpc) is 3.55. The van der Waals surface area contributed by atoms with E-state index in [4.69, 9.17) is 19.1 Å². The van der Waals surface area contributed by atoms with Crippen LogP contribution in [0, 0.1) is 10.1 Å². The van der Waals surface area contributed by atoms with Gasteiger partial charge in [0.25, 0.3) is 5.69 Å². The van der Waals surface area contributed by atoms with Crippen LogP contribution in [0.5, 0.6) is 0 Å². The molecule has 0 saturated carbocycles. The number of β-lactam (4-membered cyclic amide) rings is 1. The summed E-state index contributed by atoms with van der Waals surface area (Å²) in [5.74, 6) is -0.445. The van der Waals surface area contributed by atoms with Gasteiger partial charge in [-0.05, 0) is 36.6 Å². The Balaban J connectivity index is 0.000000786. The molecule has 0 spiro atoms. The van der Waals surface area contributed by atoms with Gasteiger partial charge in [0.05, 0.1) is 23.3 Å². The molecule has 0 radical (unpaired) electrons. The standard InChI is InChI=1S/C25H23N3O6.C2H4O2/c29-24-23(27-22(16-34-25(27)30)18-5-2-1-3-6-18)21(13-12-20-7-4-14-33-20)26(24)15-17-8-10-19(11-9-17)28(31)32;1-2(3)4/h1-11,14,21-23H,12-13,15-16H2;1H3,(H,3,4)/p-1/t21?,22-,23?;/m1./s1. The predicted octanol–water partition coefficient (Wildman–Crippen LogP) is 2.85. The molecule has 2 aliphatic rings. The van der Waals surface area contributed by atoms with Crippen molar-refractivity contribution < 1.29 is 33.6 Å². The molecule has 198 valence electrons. The zero-order valence-electron chi connectivity index (χ0n) is 20.6. The summed E-state index contributed by atoms with van der Waals surface area (Å²) in [5.41, 5.74) is 1.69. The Bertz CT molecular complexity index is 1270. The number of aliphatic carboxylic acids is 1. The largest absolute Gasteiger partial charge is 0.550 e.